The summed E-state index contributed by atoms with van der Waals surface area (Å²) in [6.07, 6.45) is -2.88. The van der Waals surface area contributed by atoms with Crippen LogP contribution in [0.4, 0.5) is 23.2 Å². The Morgan fingerprint density at radius 1 is 1.32 bits per heavy atom. The van der Waals surface area contributed by atoms with Crippen molar-refractivity contribution in [3.8, 4) is 5.75 Å². The van der Waals surface area contributed by atoms with E-state index in [1.807, 2.05) is 0 Å². The Morgan fingerprint density at radius 2 is 2.00 bits per heavy atom. The van der Waals surface area contributed by atoms with Crippen molar-refractivity contribution in [2.45, 2.75) is 33.4 Å². The van der Waals surface area contributed by atoms with E-state index < -0.39 is 31.2 Å². The van der Waals surface area contributed by atoms with Crippen molar-refractivity contribution in [2.24, 2.45) is 0 Å². The molecule has 0 aliphatic heterocycles. The number of halogens is 5. The zero-order valence-electron chi connectivity index (χ0n) is 13.2. The third kappa shape index (κ3) is 4.62. The molecule has 2 rings (SSSR count). The second-order valence-corrected chi connectivity index (χ2v) is 5.55. The lowest BCUT2D eigenvalue weighted by molar-refractivity contribution is -0.117. The average molecular weight is 380 g/mol. The smallest absolute Gasteiger partial charge is 0.387 e. The lowest BCUT2D eigenvalue weighted by Gasteiger charge is -2.13. The van der Waals surface area contributed by atoms with Crippen LogP contribution in [0.5, 0.6) is 5.75 Å². The first-order valence-electron chi connectivity index (χ1n) is 7.05. The topological polar surface area (TPSA) is 56.1 Å². The van der Waals surface area contributed by atoms with E-state index in [0.717, 1.165) is 4.68 Å². The Hall–Kier alpha value is -2.29. The number of anilines is 1. The summed E-state index contributed by atoms with van der Waals surface area (Å²) < 4.78 is 55.8. The maximum Gasteiger partial charge on any atom is 0.387 e. The molecule has 0 spiro atoms. The van der Waals surface area contributed by atoms with Crippen LogP contribution in [-0.4, -0.2) is 22.3 Å². The highest BCUT2D eigenvalue weighted by Gasteiger charge is 2.22. The van der Waals surface area contributed by atoms with Gasteiger partial charge in [-0.15, -0.1) is 0 Å². The zero-order valence-corrected chi connectivity index (χ0v) is 14.0. The van der Waals surface area contributed by atoms with Crippen molar-refractivity contribution in [3.63, 3.8) is 0 Å². The Labute approximate surface area is 145 Å². The number of hydrogen-bond donors (Lipinski definition) is 1. The minimum Gasteiger partial charge on any atom is -0.433 e. The van der Waals surface area contributed by atoms with Crippen molar-refractivity contribution in [1.29, 1.82) is 0 Å². The second-order valence-electron chi connectivity index (χ2n) is 5.17. The van der Waals surface area contributed by atoms with E-state index in [2.05, 4.69) is 15.2 Å². The number of nitrogens with zero attached hydrogens (tertiary/aromatic N) is 2. The van der Waals surface area contributed by atoms with Gasteiger partial charge in [0.1, 0.15) is 18.0 Å². The van der Waals surface area contributed by atoms with Gasteiger partial charge in [0, 0.05) is 0 Å². The molecule has 0 saturated carbocycles. The summed E-state index contributed by atoms with van der Waals surface area (Å²) in [5, 5.41) is 5.78. The number of carbonyl (C=O) groups excluding carboxylic acids is 1. The minimum atomic E-state index is -3.06. The number of ether oxygens (including phenoxy) is 1. The fourth-order valence-corrected chi connectivity index (χ4v) is 2.32. The van der Waals surface area contributed by atoms with Crippen LogP contribution in [0, 0.1) is 13.8 Å². The molecule has 5 nitrogen and oxygen atoms in total. The number of benzene rings is 1. The van der Waals surface area contributed by atoms with Crippen LogP contribution >= 0.6 is 11.6 Å². The standard InChI is InChI=1S/C15H14ClF4N3O2/c1-7-3-4-10(25-15(19)20)9(5-7)21-11(24)6-23-8(2)12(16)13(22-23)14(17)18/h3-5,14-15H,6H2,1-2H3,(H,21,24). The van der Waals surface area contributed by atoms with Gasteiger partial charge in [-0.25, -0.2) is 8.78 Å². The molecule has 1 heterocycles. The molecule has 0 bridgehead atoms. The van der Waals surface area contributed by atoms with E-state index in [-0.39, 0.29) is 22.2 Å². The first-order valence-corrected chi connectivity index (χ1v) is 7.43. The fourth-order valence-electron chi connectivity index (χ4n) is 2.11. The van der Waals surface area contributed by atoms with Gasteiger partial charge in [0.2, 0.25) is 5.91 Å². The van der Waals surface area contributed by atoms with Crippen molar-refractivity contribution < 1.29 is 27.1 Å². The van der Waals surface area contributed by atoms with Crippen molar-refractivity contribution in [3.05, 3.63) is 40.2 Å². The first-order chi connectivity index (χ1) is 11.7. The predicted octanol–water partition coefficient (Wildman–Crippen LogP) is 4.33. The maximum atomic E-state index is 12.8. The quantitative estimate of drug-likeness (QED) is 0.760. The summed E-state index contributed by atoms with van der Waals surface area (Å²) in [6, 6.07) is 4.28. The van der Waals surface area contributed by atoms with Crippen LogP contribution in [0.3, 0.4) is 0 Å². The van der Waals surface area contributed by atoms with E-state index in [9.17, 15) is 22.4 Å². The van der Waals surface area contributed by atoms with Gasteiger partial charge in [-0.2, -0.15) is 13.9 Å². The van der Waals surface area contributed by atoms with Gasteiger partial charge < -0.3 is 10.1 Å². The summed E-state index contributed by atoms with van der Waals surface area (Å²) in [6.45, 7) is -0.333. The Kier molecular flexibility index (Phi) is 5.89. The van der Waals surface area contributed by atoms with Crippen LogP contribution in [0.1, 0.15) is 23.4 Å². The van der Waals surface area contributed by atoms with Crippen molar-refractivity contribution in [1.82, 2.24) is 9.78 Å². The van der Waals surface area contributed by atoms with Gasteiger partial charge in [-0.3, -0.25) is 9.48 Å². The molecule has 0 saturated heterocycles. The summed E-state index contributed by atoms with van der Waals surface area (Å²) in [5.74, 6) is -0.870. The lowest BCUT2D eigenvalue weighted by Crippen LogP contribution is -2.21. The predicted molar refractivity (Wildman–Crippen MR) is 83.4 cm³/mol. The van der Waals surface area contributed by atoms with E-state index >= 15 is 0 Å². The highest BCUT2D eigenvalue weighted by molar-refractivity contribution is 6.31. The molecule has 1 aromatic heterocycles. The van der Waals surface area contributed by atoms with Gasteiger partial charge in [0.25, 0.3) is 6.43 Å². The molecule has 1 amide bonds. The van der Waals surface area contributed by atoms with Crippen LogP contribution < -0.4 is 10.1 Å². The van der Waals surface area contributed by atoms with Crippen LogP contribution in [0.2, 0.25) is 5.02 Å². The molecule has 10 heteroatoms. The second kappa shape index (κ2) is 7.73. The number of alkyl halides is 4. The number of carbonyl (C=O) groups is 1. The van der Waals surface area contributed by atoms with Crippen molar-refractivity contribution in [2.75, 3.05) is 5.32 Å². The lowest BCUT2D eigenvalue weighted by atomic mass is 10.2. The first kappa shape index (κ1) is 19.0. The normalized spacial score (nSPS) is 11.2. The largest absolute Gasteiger partial charge is 0.433 e. The van der Waals surface area contributed by atoms with Crippen LogP contribution in [0.25, 0.3) is 0 Å². The van der Waals surface area contributed by atoms with Gasteiger partial charge in [0.05, 0.1) is 16.4 Å². The van der Waals surface area contributed by atoms with Gasteiger partial charge >= 0.3 is 6.61 Å². The van der Waals surface area contributed by atoms with E-state index in [1.54, 1.807) is 13.0 Å². The molecule has 0 fully saturated rings. The molecule has 0 aliphatic carbocycles. The molecule has 0 unspecified atom stereocenters. The van der Waals surface area contributed by atoms with Gasteiger partial charge in [0.15, 0.2) is 0 Å². The Balaban J connectivity index is 2.18. The molecule has 0 atom stereocenters. The molecule has 1 aromatic carbocycles. The number of hydrogen-bond acceptors (Lipinski definition) is 3. The SMILES string of the molecule is Cc1ccc(OC(F)F)c(NC(=O)Cn2nc(C(F)F)c(Cl)c2C)c1. The molecule has 136 valence electrons. The molecular weight excluding hydrogens is 366 g/mol. The monoisotopic (exact) mass is 379 g/mol. The molecule has 0 aliphatic rings. The molecular formula is C15H14ClF4N3O2. The van der Waals surface area contributed by atoms with Gasteiger partial charge in [-0.1, -0.05) is 17.7 Å². The van der Waals surface area contributed by atoms with Crippen molar-refractivity contribution >= 4 is 23.2 Å². The molecule has 2 aromatic rings. The number of aromatic nitrogens is 2. The number of aryl methyl sites for hydroxylation is 1. The summed E-state index contributed by atoms with van der Waals surface area (Å²) in [5.41, 5.74) is 0.315. The maximum absolute atomic E-state index is 12.8. The van der Waals surface area contributed by atoms with Crippen LogP contribution in [-0.2, 0) is 11.3 Å². The van der Waals surface area contributed by atoms with E-state index in [4.69, 9.17) is 11.6 Å². The van der Waals surface area contributed by atoms with Crippen LogP contribution in [0.15, 0.2) is 18.2 Å². The third-order valence-electron chi connectivity index (χ3n) is 3.28. The minimum absolute atomic E-state index is 0.0373. The Bertz CT molecular complexity index is 780. The molecule has 25 heavy (non-hydrogen) atoms. The summed E-state index contributed by atoms with van der Waals surface area (Å²) in [4.78, 5) is 12.1. The highest BCUT2D eigenvalue weighted by Crippen LogP contribution is 2.29. The number of nitrogens with one attached hydrogen (secondary N) is 1. The highest BCUT2D eigenvalue weighted by atomic mass is 35.5. The van der Waals surface area contributed by atoms with E-state index in [1.165, 1.54) is 19.1 Å². The Morgan fingerprint density at radius 3 is 2.56 bits per heavy atom. The molecule has 0 radical (unpaired) electrons. The third-order valence-corrected chi connectivity index (χ3v) is 3.75. The van der Waals surface area contributed by atoms with Gasteiger partial charge in [-0.05, 0) is 31.5 Å². The van der Waals surface area contributed by atoms with E-state index in [0.29, 0.717) is 5.56 Å². The average Bonchev–Trinajstić information content (AvgIpc) is 2.78. The fraction of sp³-hybridized carbons (Fsp3) is 0.333. The molecule has 1 N–H and O–H groups in total. The number of rotatable bonds is 6. The summed E-state index contributed by atoms with van der Waals surface area (Å²) >= 11 is 5.76. The number of amides is 1. The zero-order chi connectivity index (χ0) is 18.7. The summed E-state index contributed by atoms with van der Waals surface area (Å²) in [7, 11) is 0.